The molecule has 0 heterocycles. The predicted molar refractivity (Wildman–Crippen MR) is 79.8 cm³/mol. The molecule has 0 bridgehead atoms. The van der Waals surface area contributed by atoms with Crippen molar-refractivity contribution in [3.8, 4) is 5.75 Å². The van der Waals surface area contributed by atoms with E-state index < -0.39 is 5.97 Å². The lowest BCUT2D eigenvalue weighted by Crippen LogP contribution is -2.32. The molecule has 1 amide bonds. The third-order valence-corrected chi connectivity index (χ3v) is 3.42. The summed E-state index contributed by atoms with van der Waals surface area (Å²) in [5.41, 5.74) is 2.63. The van der Waals surface area contributed by atoms with Crippen molar-refractivity contribution >= 4 is 11.9 Å². The zero-order valence-electron chi connectivity index (χ0n) is 12.7. The van der Waals surface area contributed by atoms with Gasteiger partial charge in [-0.05, 0) is 42.5 Å². The number of fused-ring (bicyclic) bond motifs is 1. The lowest BCUT2D eigenvalue weighted by atomic mass is 10.1. The molecule has 0 spiro atoms. The average Bonchev–Trinajstić information content (AvgIpc) is 2.98. The smallest absolute Gasteiger partial charge is 0.344 e. The minimum absolute atomic E-state index is 0.204. The fourth-order valence-corrected chi connectivity index (χ4v) is 2.31. The zero-order valence-corrected chi connectivity index (χ0v) is 12.7. The molecule has 6 nitrogen and oxygen atoms in total. The number of amides is 1. The number of carbonyl (C=O) groups excluding carboxylic acids is 2. The third kappa shape index (κ3) is 5.04. The number of aryl methyl sites for hydroxylation is 2. The number of methoxy groups -OCH3 is 1. The van der Waals surface area contributed by atoms with Crippen LogP contribution in [0.5, 0.6) is 5.75 Å². The van der Waals surface area contributed by atoms with E-state index in [-0.39, 0.29) is 19.1 Å². The van der Waals surface area contributed by atoms with Gasteiger partial charge in [-0.1, -0.05) is 6.07 Å². The summed E-state index contributed by atoms with van der Waals surface area (Å²) in [4.78, 5) is 22.9. The summed E-state index contributed by atoms with van der Waals surface area (Å²) in [5, 5.41) is 2.56. The second-order valence-electron chi connectivity index (χ2n) is 5.08. The Morgan fingerprint density at radius 1 is 1.18 bits per heavy atom. The molecule has 1 N–H and O–H groups in total. The predicted octanol–water partition coefficient (Wildman–Crippen LogP) is 0.860. The molecular weight excluding hydrogens is 286 g/mol. The van der Waals surface area contributed by atoms with Crippen LogP contribution in [-0.4, -0.2) is 45.4 Å². The lowest BCUT2D eigenvalue weighted by molar-refractivity contribution is -0.150. The Kier molecular flexibility index (Phi) is 6.21. The van der Waals surface area contributed by atoms with E-state index in [0.717, 1.165) is 12.8 Å². The highest BCUT2D eigenvalue weighted by Crippen LogP contribution is 2.25. The van der Waals surface area contributed by atoms with Gasteiger partial charge in [0, 0.05) is 13.7 Å². The van der Waals surface area contributed by atoms with Gasteiger partial charge in [0.25, 0.3) is 5.91 Å². The van der Waals surface area contributed by atoms with E-state index in [2.05, 4.69) is 5.32 Å². The van der Waals surface area contributed by atoms with Gasteiger partial charge in [0.1, 0.15) is 5.75 Å². The maximum absolute atomic E-state index is 11.5. The Bertz CT molecular complexity index is 529. The van der Waals surface area contributed by atoms with Gasteiger partial charge in [-0.25, -0.2) is 4.79 Å². The second-order valence-corrected chi connectivity index (χ2v) is 5.08. The van der Waals surface area contributed by atoms with Gasteiger partial charge in [0.2, 0.25) is 0 Å². The number of hydrogen-bond acceptors (Lipinski definition) is 5. The molecule has 0 radical (unpaired) electrons. The molecule has 22 heavy (non-hydrogen) atoms. The highest BCUT2D eigenvalue weighted by molar-refractivity contribution is 5.80. The molecule has 0 saturated heterocycles. The van der Waals surface area contributed by atoms with Crippen LogP contribution in [0, 0.1) is 0 Å². The standard InChI is InChI=1S/C16H21NO5/c1-20-8-7-17-15(18)10-22-16(19)11-21-14-6-5-12-3-2-4-13(12)9-14/h5-6,9H,2-4,7-8,10-11H2,1H3,(H,17,18). The summed E-state index contributed by atoms with van der Waals surface area (Å²) in [6, 6.07) is 5.86. The van der Waals surface area contributed by atoms with E-state index >= 15 is 0 Å². The Hall–Kier alpha value is -2.08. The van der Waals surface area contributed by atoms with Crippen molar-refractivity contribution in [2.75, 3.05) is 33.5 Å². The molecule has 0 aliphatic heterocycles. The van der Waals surface area contributed by atoms with Crippen molar-refractivity contribution in [1.82, 2.24) is 5.32 Å². The minimum Gasteiger partial charge on any atom is -0.482 e. The van der Waals surface area contributed by atoms with Gasteiger partial charge in [-0.15, -0.1) is 0 Å². The number of nitrogens with one attached hydrogen (secondary N) is 1. The fraction of sp³-hybridized carbons (Fsp3) is 0.500. The number of benzene rings is 1. The van der Waals surface area contributed by atoms with Crippen LogP contribution >= 0.6 is 0 Å². The van der Waals surface area contributed by atoms with E-state index in [4.69, 9.17) is 14.2 Å². The van der Waals surface area contributed by atoms with Crippen molar-refractivity contribution in [2.24, 2.45) is 0 Å². The van der Waals surface area contributed by atoms with E-state index in [0.29, 0.717) is 18.9 Å². The molecule has 1 aliphatic rings. The summed E-state index contributed by atoms with van der Waals surface area (Å²) < 4.78 is 15.0. The molecule has 6 heteroatoms. The Morgan fingerprint density at radius 2 is 2.00 bits per heavy atom. The van der Waals surface area contributed by atoms with Crippen LogP contribution in [0.3, 0.4) is 0 Å². The van der Waals surface area contributed by atoms with E-state index in [1.54, 1.807) is 7.11 Å². The highest BCUT2D eigenvalue weighted by Gasteiger charge is 2.12. The molecule has 0 saturated carbocycles. The van der Waals surface area contributed by atoms with Crippen LogP contribution in [-0.2, 0) is 31.9 Å². The van der Waals surface area contributed by atoms with Gasteiger partial charge in [0.05, 0.1) is 6.61 Å². The van der Waals surface area contributed by atoms with Gasteiger partial charge < -0.3 is 19.5 Å². The summed E-state index contributed by atoms with van der Waals surface area (Å²) in [7, 11) is 1.54. The van der Waals surface area contributed by atoms with Crippen LogP contribution in [0.15, 0.2) is 18.2 Å². The molecule has 0 atom stereocenters. The van der Waals surface area contributed by atoms with Crippen LogP contribution in [0.2, 0.25) is 0 Å². The maximum Gasteiger partial charge on any atom is 0.344 e. The average molecular weight is 307 g/mol. The number of hydrogen-bond donors (Lipinski definition) is 1. The lowest BCUT2D eigenvalue weighted by Gasteiger charge is -2.09. The van der Waals surface area contributed by atoms with Crippen LogP contribution in [0.1, 0.15) is 17.5 Å². The number of esters is 1. The topological polar surface area (TPSA) is 73.9 Å². The summed E-state index contributed by atoms with van der Waals surface area (Å²) in [5.74, 6) is -0.271. The number of rotatable bonds is 8. The van der Waals surface area contributed by atoms with E-state index in [9.17, 15) is 9.59 Å². The first-order chi connectivity index (χ1) is 10.7. The molecule has 0 aromatic heterocycles. The SMILES string of the molecule is COCCNC(=O)COC(=O)COc1ccc2c(c1)CCC2. The van der Waals surface area contributed by atoms with E-state index in [1.807, 2.05) is 18.2 Å². The van der Waals surface area contributed by atoms with Crippen molar-refractivity contribution in [2.45, 2.75) is 19.3 Å². The quantitative estimate of drug-likeness (QED) is 0.569. The first-order valence-corrected chi connectivity index (χ1v) is 7.35. The highest BCUT2D eigenvalue weighted by atomic mass is 16.6. The third-order valence-electron chi connectivity index (χ3n) is 3.42. The minimum atomic E-state index is -0.567. The van der Waals surface area contributed by atoms with Gasteiger partial charge in [-0.2, -0.15) is 0 Å². The molecule has 0 unspecified atom stereocenters. The first kappa shape index (κ1) is 16.3. The molecule has 1 aromatic carbocycles. The normalized spacial score (nSPS) is 12.6. The molecular formula is C16H21NO5. The van der Waals surface area contributed by atoms with Gasteiger partial charge in [0.15, 0.2) is 13.2 Å². The largest absolute Gasteiger partial charge is 0.482 e. The molecule has 2 rings (SSSR count). The Morgan fingerprint density at radius 3 is 2.82 bits per heavy atom. The van der Waals surface area contributed by atoms with Gasteiger partial charge in [-0.3, -0.25) is 4.79 Å². The first-order valence-electron chi connectivity index (χ1n) is 7.35. The Balaban J connectivity index is 1.66. The van der Waals surface area contributed by atoms with Crippen LogP contribution in [0.4, 0.5) is 0 Å². The summed E-state index contributed by atoms with van der Waals surface area (Å²) in [6.45, 7) is 0.292. The van der Waals surface area contributed by atoms with Crippen molar-refractivity contribution in [3.63, 3.8) is 0 Å². The maximum atomic E-state index is 11.5. The molecule has 0 fully saturated rings. The molecule has 1 aromatic rings. The van der Waals surface area contributed by atoms with Crippen LogP contribution < -0.4 is 10.1 Å². The summed E-state index contributed by atoms with van der Waals surface area (Å²) in [6.07, 6.45) is 3.33. The van der Waals surface area contributed by atoms with Gasteiger partial charge >= 0.3 is 5.97 Å². The molecule has 1 aliphatic carbocycles. The Labute approximate surface area is 129 Å². The number of ether oxygens (including phenoxy) is 3. The van der Waals surface area contributed by atoms with Crippen molar-refractivity contribution < 1.29 is 23.8 Å². The summed E-state index contributed by atoms with van der Waals surface area (Å²) >= 11 is 0. The van der Waals surface area contributed by atoms with Crippen LogP contribution in [0.25, 0.3) is 0 Å². The van der Waals surface area contributed by atoms with Crippen molar-refractivity contribution in [1.29, 1.82) is 0 Å². The monoisotopic (exact) mass is 307 g/mol. The zero-order chi connectivity index (χ0) is 15.8. The van der Waals surface area contributed by atoms with E-state index in [1.165, 1.54) is 17.5 Å². The number of carbonyl (C=O) groups is 2. The van der Waals surface area contributed by atoms with Crippen molar-refractivity contribution in [3.05, 3.63) is 29.3 Å². The second kappa shape index (κ2) is 8.38. The molecule has 120 valence electrons. The fourth-order valence-electron chi connectivity index (χ4n) is 2.31.